The van der Waals surface area contributed by atoms with Crippen molar-refractivity contribution in [2.24, 2.45) is 0 Å². The summed E-state index contributed by atoms with van der Waals surface area (Å²) in [5.74, 6) is 0.642. The van der Waals surface area contributed by atoms with E-state index in [2.05, 4.69) is 18.8 Å². The average molecular weight is 532 g/mol. The predicted molar refractivity (Wildman–Crippen MR) is 112 cm³/mol. The number of rotatable bonds is 10. The molecule has 2 unspecified atom stereocenters. The predicted octanol–water partition coefficient (Wildman–Crippen LogP) is 0.741. The highest BCUT2D eigenvalue weighted by atomic mass is 32.1. The van der Waals surface area contributed by atoms with Crippen LogP contribution in [0.1, 0.15) is 33.9 Å². The number of phosphoric acid groups is 2. The third-order valence-corrected chi connectivity index (χ3v) is 9.04. The molecule has 0 aromatic carbocycles. The average Bonchev–Trinajstić information content (AvgIpc) is 2.92. The molecule has 0 saturated heterocycles. The smallest absolute Gasteiger partial charge is 0.383 e. The third-order valence-electron chi connectivity index (χ3n) is 4.19. The van der Waals surface area contributed by atoms with E-state index in [0.29, 0.717) is 22.0 Å². The molecule has 2 heterocycles. The van der Waals surface area contributed by atoms with E-state index in [1.807, 2.05) is 0 Å². The van der Waals surface area contributed by atoms with Crippen LogP contribution in [0.25, 0.3) is 0 Å². The summed E-state index contributed by atoms with van der Waals surface area (Å²) in [7, 11) is -13.3. The summed E-state index contributed by atoms with van der Waals surface area (Å²) in [6.07, 6.45) is 1.45. The van der Waals surface area contributed by atoms with Crippen LogP contribution in [-0.4, -0.2) is 41.3 Å². The maximum Gasteiger partial charge on any atom is 0.553 e. The number of hydrogen-bond donors (Lipinski definition) is 6. The van der Waals surface area contributed by atoms with Crippen LogP contribution < -0.4 is 10.3 Å². The number of aromatic nitrogens is 3. The second-order valence-electron chi connectivity index (χ2n) is 6.75. The maximum absolute atomic E-state index is 11.8. The highest BCUT2D eigenvalue weighted by Gasteiger charge is 2.54. The van der Waals surface area contributed by atoms with Crippen molar-refractivity contribution in [3.8, 4) is 0 Å². The van der Waals surface area contributed by atoms with Crippen LogP contribution in [0.4, 0.5) is 5.82 Å². The fourth-order valence-electron chi connectivity index (χ4n) is 2.62. The molecule has 7 N–H and O–H groups in total. The van der Waals surface area contributed by atoms with Crippen molar-refractivity contribution in [2.75, 3.05) is 12.3 Å². The molecule has 2 rings (SSSR count). The molecule has 0 saturated carbocycles. The zero-order valence-electron chi connectivity index (χ0n) is 17.1. The summed E-state index contributed by atoms with van der Waals surface area (Å²) >= 11 is 0.955. The molecule has 178 valence electrons. The Hall–Kier alpha value is -1.21. The summed E-state index contributed by atoms with van der Waals surface area (Å²) in [6.45, 7) is 4.05. The SMILES string of the molecule is Cc1ncc(C[n+]2c([C@@](C)(O)[P+](=O)O)sc(CCOP(=O)(O)OP(=O)(O)O)c2C)c(N)n1. The molecule has 32 heavy (non-hydrogen) atoms. The zero-order valence-corrected chi connectivity index (χ0v) is 20.6. The van der Waals surface area contributed by atoms with E-state index >= 15 is 0 Å². The van der Waals surface area contributed by atoms with Crippen molar-refractivity contribution in [2.45, 2.75) is 39.1 Å². The quantitative estimate of drug-likeness (QED) is 0.184. The van der Waals surface area contributed by atoms with Gasteiger partial charge in [-0.25, -0.2) is 19.1 Å². The Kier molecular flexibility index (Phi) is 8.42. The first-order valence-electron chi connectivity index (χ1n) is 8.77. The number of nitrogens with two attached hydrogens (primary N) is 1. The molecule has 0 aliphatic heterocycles. The molecule has 0 radical (unpaired) electrons. The van der Waals surface area contributed by atoms with Crippen LogP contribution in [0.15, 0.2) is 6.20 Å². The first-order chi connectivity index (χ1) is 14.5. The number of hydrogen-bond acceptors (Lipinski definition) is 10. The number of anilines is 1. The molecule has 2 aromatic heterocycles. The molecule has 0 fully saturated rings. The van der Waals surface area contributed by atoms with E-state index in [0.717, 1.165) is 11.3 Å². The number of aryl methyl sites for hydroxylation is 1. The van der Waals surface area contributed by atoms with Gasteiger partial charge >= 0.3 is 34.0 Å². The summed E-state index contributed by atoms with van der Waals surface area (Å²) < 4.78 is 44.0. The van der Waals surface area contributed by atoms with Gasteiger partial charge in [0.15, 0.2) is 12.2 Å². The van der Waals surface area contributed by atoms with Crippen LogP contribution in [0.3, 0.4) is 0 Å². The second kappa shape index (κ2) is 9.96. The highest BCUT2D eigenvalue weighted by Crippen LogP contribution is 2.57. The summed E-state index contributed by atoms with van der Waals surface area (Å²) in [5, 5.41) is 8.61. The molecule has 0 aliphatic rings. The topological polar surface area (TPSA) is 226 Å². The molecule has 0 spiro atoms. The Labute approximate surface area is 187 Å². The van der Waals surface area contributed by atoms with E-state index < -0.39 is 35.6 Å². The number of thiazole rings is 1. The Morgan fingerprint density at radius 1 is 1.31 bits per heavy atom. The molecule has 18 heteroatoms. The Balaban J connectivity index is 2.36. The van der Waals surface area contributed by atoms with Gasteiger partial charge in [0.05, 0.1) is 17.0 Å². The van der Waals surface area contributed by atoms with E-state index in [-0.39, 0.29) is 23.8 Å². The third kappa shape index (κ3) is 6.89. The molecule has 0 aliphatic carbocycles. The van der Waals surface area contributed by atoms with Gasteiger partial charge in [0, 0.05) is 26.5 Å². The van der Waals surface area contributed by atoms with Crippen LogP contribution in [0.2, 0.25) is 0 Å². The molecule has 3 atom stereocenters. The minimum Gasteiger partial charge on any atom is -0.383 e. The monoisotopic (exact) mass is 532 g/mol. The van der Waals surface area contributed by atoms with E-state index in [1.54, 1.807) is 18.4 Å². The molecule has 0 amide bonds. The van der Waals surface area contributed by atoms with Crippen molar-refractivity contribution in [3.05, 3.63) is 33.2 Å². The van der Waals surface area contributed by atoms with Gasteiger partial charge in [0.2, 0.25) is 0 Å². The summed E-state index contributed by atoms with van der Waals surface area (Å²) in [5.41, 5.74) is 6.95. The number of phosphoric ester groups is 1. The maximum atomic E-state index is 11.8. The van der Waals surface area contributed by atoms with Crippen molar-refractivity contribution in [1.82, 2.24) is 9.97 Å². The molecular weight excluding hydrogens is 509 g/mol. The first-order valence-corrected chi connectivity index (χ1v) is 13.8. The molecular formula is C14H23N4O10P3S+2. The van der Waals surface area contributed by atoms with Crippen molar-refractivity contribution in [1.29, 1.82) is 0 Å². The zero-order chi connectivity index (χ0) is 24.5. The lowest BCUT2D eigenvalue weighted by Crippen LogP contribution is -2.44. The van der Waals surface area contributed by atoms with Gasteiger partial charge in [0.25, 0.3) is 0 Å². The Morgan fingerprint density at radius 3 is 2.47 bits per heavy atom. The van der Waals surface area contributed by atoms with Crippen LogP contribution in [0, 0.1) is 13.8 Å². The standard InChI is InChI=1S/C14H21N4O10P3S/c1-8-11(4-5-27-31(25,26)28-30(22,23)24)32-13(14(3,19)29(20)21)18(8)7-10-6-16-9(2)17-12(10)15/h6,19H,4-5,7H2,1-3H3,(H4-2,15,16,17,20,21,22,23,24,25,26)/p+2/t14-/m0/s1. The lowest BCUT2D eigenvalue weighted by Gasteiger charge is -2.11. The lowest BCUT2D eigenvalue weighted by atomic mass is 10.2. The molecule has 2 aromatic rings. The Bertz CT molecular complexity index is 1120. The van der Waals surface area contributed by atoms with Gasteiger partial charge in [-0.05, 0) is 11.5 Å². The van der Waals surface area contributed by atoms with Crippen molar-refractivity contribution >= 4 is 40.8 Å². The number of aliphatic hydroxyl groups is 1. The minimum atomic E-state index is -5.25. The van der Waals surface area contributed by atoms with Gasteiger partial charge in [-0.3, -0.25) is 4.52 Å². The first kappa shape index (κ1) is 27.0. The van der Waals surface area contributed by atoms with Crippen molar-refractivity contribution < 1.29 is 51.8 Å². The largest absolute Gasteiger partial charge is 0.553 e. The van der Waals surface area contributed by atoms with E-state index in [4.69, 9.17) is 15.5 Å². The highest BCUT2D eigenvalue weighted by molar-refractivity contribution is 7.60. The van der Waals surface area contributed by atoms with Gasteiger partial charge in [-0.15, -0.1) is 0 Å². The van der Waals surface area contributed by atoms with Gasteiger partial charge in [-0.1, -0.05) is 11.3 Å². The fourth-order valence-corrected chi connectivity index (χ4v) is 6.04. The summed E-state index contributed by atoms with van der Waals surface area (Å²) in [6, 6.07) is 0. The summed E-state index contributed by atoms with van der Waals surface area (Å²) in [4.78, 5) is 45.0. The minimum absolute atomic E-state index is 0.0380. The lowest BCUT2D eigenvalue weighted by molar-refractivity contribution is -0.701. The van der Waals surface area contributed by atoms with Crippen LogP contribution in [0.5, 0.6) is 0 Å². The van der Waals surface area contributed by atoms with Gasteiger partial charge < -0.3 is 25.5 Å². The molecule has 0 bridgehead atoms. The fraction of sp³-hybridized carbons (Fsp3) is 0.500. The van der Waals surface area contributed by atoms with Gasteiger partial charge in [-0.2, -0.15) is 13.8 Å². The Morgan fingerprint density at radius 2 is 1.94 bits per heavy atom. The number of nitrogens with zero attached hydrogens (tertiary/aromatic N) is 3. The molecule has 14 nitrogen and oxygen atoms in total. The van der Waals surface area contributed by atoms with E-state index in [9.17, 15) is 28.6 Å². The number of nitrogen functional groups attached to an aromatic ring is 1. The van der Waals surface area contributed by atoms with Crippen molar-refractivity contribution in [3.63, 3.8) is 0 Å². The van der Waals surface area contributed by atoms with Crippen LogP contribution >= 0.6 is 35.0 Å². The van der Waals surface area contributed by atoms with Gasteiger partial charge in [0.1, 0.15) is 11.6 Å². The second-order valence-corrected chi connectivity index (χ2v) is 12.1. The van der Waals surface area contributed by atoms with Crippen LogP contribution in [-0.2, 0) is 40.8 Å². The van der Waals surface area contributed by atoms with E-state index in [1.165, 1.54) is 13.1 Å². The normalized spacial score (nSPS) is 16.4.